The minimum Gasteiger partial charge on any atom is -0.409 e. The van der Waals surface area contributed by atoms with Gasteiger partial charge in [0.1, 0.15) is 5.82 Å². The Bertz CT molecular complexity index is 565. The maximum atomic E-state index is 12.3. The highest BCUT2D eigenvalue weighted by atomic mass is 32.2. The zero-order valence-electron chi connectivity index (χ0n) is 9.87. The summed E-state index contributed by atoms with van der Waals surface area (Å²) in [5, 5.41) is 11.6. The van der Waals surface area contributed by atoms with Gasteiger partial charge in [0, 0.05) is 6.54 Å². The van der Waals surface area contributed by atoms with Gasteiger partial charge in [0.05, 0.1) is 12.2 Å². The molecule has 1 aliphatic heterocycles. The van der Waals surface area contributed by atoms with E-state index in [1.54, 1.807) is 6.92 Å². The zero-order chi connectivity index (χ0) is 13.3. The number of amidine groups is 1. The van der Waals surface area contributed by atoms with Gasteiger partial charge >= 0.3 is 0 Å². The Hall–Kier alpha value is -1.61. The number of H-pyrrole nitrogens is 1. The second-order valence-electron chi connectivity index (χ2n) is 4.13. The van der Waals surface area contributed by atoms with E-state index in [2.05, 4.69) is 15.1 Å². The monoisotopic (exact) mass is 273 g/mol. The lowest BCUT2D eigenvalue weighted by atomic mass is 10.2. The number of nitrogens with one attached hydrogen (secondary N) is 1. The summed E-state index contributed by atoms with van der Waals surface area (Å²) in [6.07, 6.45) is 2.49. The molecule has 18 heavy (non-hydrogen) atoms. The molecule has 0 bridgehead atoms. The molecule has 2 heterocycles. The Morgan fingerprint density at radius 1 is 1.72 bits per heavy atom. The van der Waals surface area contributed by atoms with Crippen LogP contribution in [0.2, 0.25) is 0 Å². The molecule has 1 aromatic rings. The van der Waals surface area contributed by atoms with Gasteiger partial charge in [-0.1, -0.05) is 5.16 Å². The van der Waals surface area contributed by atoms with E-state index in [1.807, 2.05) is 0 Å². The lowest BCUT2D eigenvalue weighted by Gasteiger charge is -2.21. The van der Waals surface area contributed by atoms with Crippen molar-refractivity contribution < 1.29 is 13.6 Å². The van der Waals surface area contributed by atoms with Gasteiger partial charge in [-0.25, -0.2) is 13.4 Å². The standard InChI is InChI=1S/C9H15N5O3S/c1-6-11-5-8(12-6)18(16,17)14-4-2-3-7(14)9(10)13-15/h5,7,15H,2-4H2,1H3,(H2,10,13)(H,11,12). The van der Waals surface area contributed by atoms with Gasteiger partial charge in [-0.05, 0) is 19.8 Å². The number of hydrogen-bond donors (Lipinski definition) is 3. The van der Waals surface area contributed by atoms with Gasteiger partial charge in [0.15, 0.2) is 10.9 Å². The zero-order valence-corrected chi connectivity index (χ0v) is 10.7. The number of aromatic amines is 1. The summed E-state index contributed by atoms with van der Waals surface area (Å²) in [5.74, 6) is 0.431. The normalized spacial score (nSPS) is 22.5. The summed E-state index contributed by atoms with van der Waals surface area (Å²) in [5.41, 5.74) is 5.52. The van der Waals surface area contributed by atoms with Crippen LogP contribution in [-0.2, 0) is 10.0 Å². The predicted molar refractivity (Wildman–Crippen MR) is 63.6 cm³/mol. The fraction of sp³-hybridized carbons (Fsp3) is 0.556. The Balaban J connectivity index is 2.35. The van der Waals surface area contributed by atoms with E-state index in [4.69, 9.17) is 10.9 Å². The summed E-state index contributed by atoms with van der Waals surface area (Å²) in [6, 6.07) is -0.594. The van der Waals surface area contributed by atoms with Crippen molar-refractivity contribution in [3.63, 3.8) is 0 Å². The lowest BCUT2D eigenvalue weighted by Crippen LogP contribution is -2.43. The summed E-state index contributed by atoms with van der Waals surface area (Å²) >= 11 is 0. The van der Waals surface area contributed by atoms with Gasteiger partial charge < -0.3 is 15.9 Å². The van der Waals surface area contributed by atoms with E-state index in [0.29, 0.717) is 25.2 Å². The molecule has 0 aliphatic carbocycles. The maximum Gasteiger partial charge on any atom is 0.260 e. The number of hydrogen-bond acceptors (Lipinski definition) is 5. The van der Waals surface area contributed by atoms with Crippen LogP contribution in [0, 0.1) is 6.92 Å². The van der Waals surface area contributed by atoms with Crippen molar-refractivity contribution >= 4 is 15.9 Å². The van der Waals surface area contributed by atoms with Crippen molar-refractivity contribution in [1.29, 1.82) is 0 Å². The number of oxime groups is 1. The van der Waals surface area contributed by atoms with Crippen LogP contribution in [-0.4, -0.2) is 46.3 Å². The Labute approximate surface area is 105 Å². The first kappa shape index (κ1) is 12.8. The highest BCUT2D eigenvalue weighted by molar-refractivity contribution is 7.89. The predicted octanol–water partition coefficient (Wildman–Crippen LogP) is -0.382. The minimum absolute atomic E-state index is 0.0256. The van der Waals surface area contributed by atoms with Gasteiger partial charge in [-0.15, -0.1) is 0 Å². The van der Waals surface area contributed by atoms with E-state index in [-0.39, 0.29) is 10.9 Å². The fourth-order valence-electron chi connectivity index (χ4n) is 2.05. The van der Waals surface area contributed by atoms with Crippen molar-refractivity contribution in [3.8, 4) is 0 Å². The number of imidazole rings is 1. The second-order valence-corrected chi connectivity index (χ2v) is 5.99. The molecule has 0 aromatic carbocycles. The molecular formula is C9H15N5O3S. The van der Waals surface area contributed by atoms with Crippen LogP contribution in [0.4, 0.5) is 0 Å². The molecule has 0 saturated carbocycles. The van der Waals surface area contributed by atoms with Crippen molar-refractivity contribution in [2.24, 2.45) is 10.9 Å². The third-order valence-corrected chi connectivity index (χ3v) is 4.74. The van der Waals surface area contributed by atoms with Crippen LogP contribution < -0.4 is 5.73 Å². The molecule has 1 fully saturated rings. The number of nitrogens with two attached hydrogens (primary N) is 1. The quantitative estimate of drug-likeness (QED) is 0.299. The SMILES string of the molecule is Cc1ncc(S(=O)(=O)N2CCCC2C(N)=NO)[nH]1. The number of rotatable bonds is 3. The molecule has 1 saturated heterocycles. The van der Waals surface area contributed by atoms with Crippen LogP contribution in [0.1, 0.15) is 18.7 Å². The smallest absolute Gasteiger partial charge is 0.260 e. The van der Waals surface area contributed by atoms with Crippen molar-refractivity contribution in [3.05, 3.63) is 12.0 Å². The second kappa shape index (κ2) is 4.58. The largest absolute Gasteiger partial charge is 0.409 e. The summed E-state index contributed by atoms with van der Waals surface area (Å²) < 4.78 is 25.9. The third-order valence-electron chi connectivity index (χ3n) is 2.93. The summed E-state index contributed by atoms with van der Waals surface area (Å²) in [6.45, 7) is 2.02. The molecule has 1 aliphatic rings. The lowest BCUT2D eigenvalue weighted by molar-refractivity contribution is 0.311. The Morgan fingerprint density at radius 2 is 2.44 bits per heavy atom. The van der Waals surface area contributed by atoms with Gasteiger partial charge in [-0.3, -0.25) is 0 Å². The van der Waals surface area contributed by atoms with Crippen LogP contribution >= 0.6 is 0 Å². The summed E-state index contributed by atoms with van der Waals surface area (Å²) in [4.78, 5) is 6.56. The molecule has 0 radical (unpaired) electrons. The number of aromatic nitrogens is 2. The van der Waals surface area contributed by atoms with Crippen LogP contribution in [0.15, 0.2) is 16.4 Å². The van der Waals surface area contributed by atoms with E-state index in [9.17, 15) is 8.42 Å². The first-order valence-corrected chi connectivity index (χ1v) is 6.91. The molecule has 1 atom stereocenters. The first-order chi connectivity index (χ1) is 8.46. The van der Waals surface area contributed by atoms with E-state index >= 15 is 0 Å². The number of sulfonamides is 1. The molecule has 100 valence electrons. The van der Waals surface area contributed by atoms with Gasteiger partial charge in [0.2, 0.25) is 0 Å². The molecule has 0 amide bonds. The summed E-state index contributed by atoms with van der Waals surface area (Å²) in [7, 11) is -3.68. The van der Waals surface area contributed by atoms with E-state index < -0.39 is 16.1 Å². The topological polar surface area (TPSA) is 125 Å². The molecule has 2 rings (SSSR count). The first-order valence-electron chi connectivity index (χ1n) is 5.47. The molecule has 8 nitrogen and oxygen atoms in total. The number of aryl methyl sites for hydroxylation is 1. The molecule has 9 heteroatoms. The highest BCUT2D eigenvalue weighted by Gasteiger charge is 2.38. The van der Waals surface area contributed by atoms with Crippen molar-refractivity contribution in [2.75, 3.05) is 6.54 Å². The van der Waals surface area contributed by atoms with Crippen LogP contribution in [0.3, 0.4) is 0 Å². The van der Waals surface area contributed by atoms with Crippen LogP contribution in [0.25, 0.3) is 0 Å². The van der Waals surface area contributed by atoms with E-state index in [0.717, 1.165) is 0 Å². The molecule has 1 unspecified atom stereocenters. The maximum absolute atomic E-state index is 12.3. The Kier molecular flexibility index (Phi) is 3.26. The van der Waals surface area contributed by atoms with Gasteiger partial charge in [-0.2, -0.15) is 4.31 Å². The number of nitrogens with zero attached hydrogens (tertiary/aromatic N) is 3. The Morgan fingerprint density at radius 3 is 3.00 bits per heavy atom. The molecule has 0 spiro atoms. The van der Waals surface area contributed by atoms with E-state index in [1.165, 1.54) is 10.5 Å². The highest BCUT2D eigenvalue weighted by Crippen LogP contribution is 2.25. The van der Waals surface area contributed by atoms with Crippen molar-refractivity contribution in [2.45, 2.75) is 30.8 Å². The molecule has 4 N–H and O–H groups in total. The van der Waals surface area contributed by atoms with Crippen LogP contribution in [0.5, 0.6) is 0 Å². The van der Waals surface area contributed by atoms with Gasteiger partial charge in [0.25, 0.3) is 10.0 Å². The fourth-order valence-corrected chi connectivity index (χ4v) is 3.68. The van der Waals surface area contributed by atoms with Crippen molar-refractivity contribution in [1.82, 2.24) is 14.3 Å². The average Bonchev–Trinajstić information content (AvgIpc) is 2.96. The average molecular weight is 273 g/mol. The minimum atomic E-state index is -3.68. The third kappa shape index (κ3) is 2.06. The molecular weight excluding hydrogens is 258 g/mol. The molecule has 1 aromatic heterocycles.